The summed E-state index contributed by atoms with van der Waals surface area (Å²) < 4.78 is 17.8. The number of hydrogen-bond acceptors (Lipinski definition) is 5. The fourth-order valence-corrected chi connectivity index (χ4v) is 3.15. The number of ether oxygens (including phenoxy) is 2. The largest absolute Gasteiger partial charge is 0.493 e. The van der Waals surface area contributed by atoms with Crippen LogP contribution in [0, 0.1) is 5.92 Å². The zero-order valence-corrected chi connectivity index (χ0v) is 17.8. The molecule has 0 saturated carbocycles. The molecule has 1 amide bonds. The van der Waals surface area contributed by atoms with Gasteiger partial charge in [0.15, 0.2) is 17.1 Å². The molecule has 0 aliphatic carbocycles. The standard InChI is InChI=1S/C23H28N2O5/c1-15(2)11-12-29-20-10-9-17(13-21(20)28-4)14-24-22(26)16(3)25-18-7-5-6-8-19(18)30-23(25)27/h5-10,13,15-16H,11-12,14H2,1-4H3,(H,24,26). The lowest BCUT2D eigenvalue weighted by molar-refractivity contribution is -0.124. The van der Waals surface area contributed by atoms with Crippen molar-refractivity contribution < 1.29 is 18.7 Å². The van der Waals surface area contributed by atoms with E-state index >= 15 is 0 Å². The maximum atomic E-state index is 12.7. The molecule has 30 heavy (non-hydrogen) atoms. The van der Waals surface area contributed by atoms with Gasteiger partial charge in [-0.3, -0.25) is 9.36 Å². The van der Waals surface area contributed by atoms with E-state index in [0.29, 0.717) is 41.7 Å². The van der Waals surface area contributed by atoms with Crippen molar-refractivity contribution >= 4 is 17.0 Å². The summed E-state index contributed by atoms with van der Waals surface area (Å²) in [6, 6.07) is 11.9. The number of hydrogen-bond donors (Lipinski definition) is 1. The minimum atomic E-state index is -0.707. The molecule has 3 aromatic rings. The fraction of sp³-hybridized carbons (Fsp3) is 0.391. The SMILES string of the molecule is COc1cc(CNC(=O)C(C)n2c(=O)oc3ccccc32)ccc1OCCC(C)C. The molecule has 1 N–H and O–H groups in total. The highest BCUT2D eigenvalue weighted by Crippen LogP contribution is 2.28. The zero-order valence-electron chi connectivity index (χ0n) is 17.8. The maximum absolute atomic E-state index is 12.7. The van der Waals surface area contributed by atoms with Gasteiger partial charge in [-0.15, -0.1) is 0 Å². The van der Waals surface area contributed by atoms with Crippen LogP contribution in [0.25, 0.3) is 11.1 Å². The van der Waals surface area contributed by atoms with Crippen molar-refractivity contribution in [1.29, 1.82) is 0 Å². The first kappa shape index (κ1) is 21.5. The average molecular weight is 412 g/mol. The fourth-order valence-electron chi connectivity index (χ4n) is 3.15. The summed E-state index contributed by atoms with van der Waals surface area (Å²) in [5.74, 6) is 1.03. The molecule has 0 aliphatic heterocycles. The first-order chi connectivity index (χ1) is 14.4. The van der Waals surface area contributed by atoms with Crippen LogP contribution < -0.4 is 20.5 Å². The van der Waals surface area contributed by atoms with Crippen LogP contribution in [0.2, 0.25) is 0 Å². The van der Waals surface area contributed by atoms with Crippen molar-refractivity contribution in [2.45, 2.75) is 39.8 Å². The zero-order chi connectivity index (χ0) is 21.7. The van der Waals surface area contributed by atoms with Crippen LogP contribution in [0.15, 0.2) is 51.7 Å². The Bertz CT molecular complexity index is 1070. The summed E-state index contributed by atoms with van der Waals surface area (Å²) in [5, 5.41) is 2.87. The van der Waals surface area contributed by atoms with Gasteiger partial charge in [0.25, 0.3) is 0 Å². The number of fused-ring (bicyclic) bond motifs is 1. The molecule has 1 aromatic heterocycles. The Morgan fingerprint density at radius 3 is 2.63 bits per heavy atom. The van der Waals surface area contributed by atoms with E-state index in [9.17, 15) is 9.59 Å². The van der Waals surface area contributed by atoms with Gasteiger partial charge in [-0.05, 0) is 49.1 Å². The van der Waals surface area contributed by atoms with Crippen LogP contribution >= 0.6 is 0 Å². The molecule has 0 spiro atoms. The quantitative estimate of drug-likeness (QED) is 0.576. The number of amides is 1. The van der Waals surface area contributed by atoms with E-state index in [2.05, 4.69) is 19.2 Å². The van der Waals surface area contributed by atoms with E-state index in [1.54, 1.807) is 38.3 Å². The van der Waals surface area contributed by atoms with E-state index in [1.807, 2.05) is 18.2 Å². The first-order valence-corrected chi connectivity index (χ1v) is 10.1. The van der Waals surface area contributed by atoms with E-state index in [-0.39, 0.29) is 5.91 Å². The highest BCUT2D eigenvalue weighted by atomic mass is 16.5. The Kier molecular flexibility index (Phi) is 6.82. The molecule has 160 valence electrons. The number of nitrogens with one attached hydrogen (secondary N) is 1. The minimum Gasteiger partial charge on any atom is -0.493 e. The van der Waals surface area contributed by atoms with Gasteiger partial charge in [-0.1, -0.05) is 32.0 Å². The van der Waals surface area contributed by atoms with Gasteiger partial charge in [0.1, 0.15) is 6.04 Å². The summed E-state index contributed by atoms with van der Waals surface area (Å²) in [5.41, 5.74) is 1.92. The number of nitrogens with zero attached hydrogens (tertiary/aromatic N) is 1. The van der Waals surface area contributed by atoms with E-state index in [0.717, 1.165) is 12.0 Å². The van der Waals surface area contributed by atoms with Crippen LogP contribution in [-0.4, -0.2) is 24.2 Å². The highest BCUT2D eigenvalue weighted by Gasteiger charge is 2.21. The van der Waals surface area contributed by atoms with Gasteiger partial charge in [0.05, 0.1) is 19.2 Å². The Hall–Kier alpha value is -3.22. The number of rotatable bonds is 9. The van der Waals surface area contributed by atoms with Crippen molar-refractivity contribution in [2.24, 2.45) is 5.92 Å². The second-order valence-corrected chi connectivity index (χ2v) is 7.62. The molecule has 0 saturated heterocycles. The Labute approximate surface area is 175 Å². The number of oxazole rings is 1. The van der Waals surface area contributed by atoms with Crippen molar-refractivity contribution in [2.75, 3.05) is 13.7 Å². The topological polar surface area (TPSA) is 82.7 Å². The van der Waals surface area contributed by atoms with Crippen LogP contribution in [0.3, 0.4) is 0 Å². The Morgan fingerprint density at radius 1 is 1.13 bits per heavy atom. The van der Waals surface area contributed by atoms with Gasteiger partial charge in [-0.2, -0.15) is 0 Å². The first-order valence-electron chi connectivity index (χ1n) is 10.1. The molecule has 1 atom stereocenters. The molecular weight excluding hydrogens is 384 g/mol. The summed E-state index contributed by atoms with van der Waals surface area (Å²) in [4.78, 5) is 24.9. The molecule has 7 nitrogen and oxygen atoms in total. The average Bonchev–Trinajstić information content (AvgIpc) is 3.07. The molecule has 1 heterocycles. The third kappa shape index (κ3) is 4.84. The minimum absolute atomic E-state index is 0.278. The smallest absolute Gasteiger partial charge is 0.420 e. The lowest BCUT2D eigenvalue weighted by atomic mass is 10.1. The second-order valence-electron chi connectivity index (χ2n) is 7.62. The summed E-state index contributed by atoms with van der Waals surface area (Å²) >= 11 is 0. The molecule has 0 bridgehead atoms. The Morgan fingerprint density at radius 2 is 1.90 bits per heavy atom. The number of methoxy groups -OCH3 is 1. The predicted octanol–water partition coefficient (Wildman–Crippen LogP) is 3.91. The summed E-state index contributed by atoms with van der Waals surface area (Å²) in [7, 11) is 1.59. The number of para-hydroxylation sites is 2. The molecule has 3 rings (SSSR count). The van der Waals surface area contributed by atoms with Crippen molar-refractivity contribution in [1.82, 2.24) is 9.88 Å². The van der Waals surface area contributed by atoms with E-state index in [4.69, 9.17) is 13.9 Å². The number of aromatic nitrogens is 1. The van der Waals surface area contributed by atoms with Gasteiger partial charge in [0, 0.05) is 6.54 Å². The molecule has 1 unspecified atom stereocenters. The maximum Gasteiger partial charge on any atom is 0.420 e. The van der Waals surface area contributed by atoms with Crippen molar-refractivity contribution in [3.05, 3.63) is 58.6 Å². The molecule has 7 heteroatoms. The normalized spacial score (nSPS) is 12.2. The molecule has 0 radical (unpaired) electrons. The van der Waals surface area contributed by atoms with Crippen molar-refractivity contribution in [3.63, 3.8) is 0 Å². The third-order valence-electron chi connectivity index (χ3n) is 4.93. The second kappa shape index (κ2) is 9.52. The third-order valence-corrected chi connectivity index (χ3v) is 4.93. The van der Waals surface area contributed by atoms with Crippen LogP contribution in [0.4, 0.5) is 0 Å². The molecule has 2 aromatic carbocycles. The molecule has 0 fully saturated rings. The lowest BCUT2D eigenvalue weighted by Crippen LogP contribution is -2.34. The number of carbonyl (C=O) groups is 1. The van der Waals surface area contributed by atoms with Crippen LogP contribution in [0.5, 0.6) is 11.5 Å². The number of carbonyl (C=O) groups excluding carboxylic acids is 1. The lowest BCUT2D eigenvalue weighted by Gasteiger charge is -2.15. The van der Waals surface area contributed by atoms with Gasteiger partial charge >= 0.3 is 5.76 Å². The summed E-state index contributed by atoms with van der Waals surface area (Å²) in [6.45, 7) is 6.89. The van der Waals surface area contributed by atoms with E-state index < -0.39 is 11.8 Å². The van der Waals surface area contributed by atoms with E-state index in [1.165, 1.54) is 4.57 Å². The summed E-state index contributed by atoms with van der Waals surface area (Å²) in [6.07, 6.45) is 0.959. The predicted molar refractivity (Wildman–Crippen MR) is 115 cm³/mol. The highest BCUT2D eigenvalue weighted by molar-refractivity contribution is 5.82. The Balaban J connectivity index is 1.66. The monoisotopic (exact) mass is 412 g/mol. The van der Waals surface area contributed by atoms with Gasteiger partial charge in [-0.25, -0.2) is 4.79 Å². The van der Waals surface area contributed by atoms with Crippen molar-refractivity contribution in [3.8, 4) is 11.5 Å². The van der Waals surface area contributed by atoms with Gasteiger partial charge in [0.2, 0.25) is 5.91 Å². The van der Waals surface area contributed by atoms with Crippen LogP contribution in [0.1, 0.15) is 38.8 Å². The number of benzene rings is 2. The van der Waals surface area contributed by atoms with Crippen LogP contribution in [-0.2, 0) is 11.3 Å². The van der Waals surface area contributed by atoms with Gasteiger partial charge < -0.3 is 19.2 Å². The molecular formula is C23H28N2O5. The molecule has 0 aliphatic rings.